The Morgan fingerprint density at radius 1 is 0.957 bits per heavy atom. The quantitative estimate of drug-likeness (QED) is 0.318. The lowest BCUT2D eigenvalue weighted by Crippen LogP contribution is -2.49. The van der Waals surface area contributed by atoms with Gasteiger partial charge in [-0.05, 0) is 45.1 Å². The highest BCUT2D eigenvalue weighted by Crippen LogP contribution is 2.24. The van der Waals surface area contributed by atoms with Crippen LogP contribution in [0.25, 0.3) is 0 Å². The standard InChI is InChI=1S/C18H39NO2Si2/c1-6-7-8-9-10-11-12-15-18(23(4,5)20)21-22(2,3)17-14-13-16-19/h18,20H,6-15,17H2,1-5H3. The van der Waals surface area contributed by atoms with Gasteiger partial charge in [0.1, 0.15) is 0 Å². The first-order chi connectivity index (χ1) is 10.7. The van der Waals surface area contributed by atoms with E-state index in [4.69, 9.17) is 9.69 Å². The van der Waals surface area contributed by atoms with Crippen LogP contribution in [0.3, 0.4) is 0 Å². The first kappa shape index (κ1) is 22.8. The molecule has 3 nitrogen and oxygen atoms in total. The van der Waals surface area contributed by atoms with Crippen LogP contribution >= 0.6 is 0 Å². The maximum absolute atomic E-state index is 10.6. The SMILES string of the molecule is CCCCCCCCCC(O[Si](C)(C)CCCC#N)[Si](C)(C)O. The Kier molecular flexibility index (Phi) is 12.2. The summed E-state index contributed by atoms with van der Waals surface area (Å²) in [6.45, 7) is 10.7. The third kappa shape index (κ3) is 12.9. The van der Waals surface area contributed by atoms with E-state index in [0.29, 0.717) is 6.42 Å². The van der Waals surface area contributed by atoms with Crippen molar-refractivity contribution < 1.29 is 9.22 Å². The zero-order chi connectivity index (χ0) is 17.8. The largest absolute Gasteiger partial charge is 0.430 e. The van der Waals surface area contributed by atoms with Gasteiger partial charge in [0, 0.05) is 6.42 Å². The van der Waals surface area contributed by atoms with Crippen molar-refractivity contribution in [3.05, 3.63) is 0 Å². The number of hydrogen-bond donors (Lipinski definition) is 1. The van der Waals surface area contributed by atoms with E-state index in [9.17, 15) is 4.80 Å². The van der Waals surface area contributed by atoms with Crippen molar-refractivity contribution in [1.82, 2.24) is 0 Å². The lowest BCUT2D eigenvalue weighted by molar-refractivity contribution is 0.221. The minimum Gasteiger partial charge on any atom is -0.430 e. The normalized spacial score (nSPS) is 13.8. The highest BCUT2D eigenvalue weighted by atomic mass is 28.4. The Morgan fingerprint density at radius 3 is 2.04 bits per heavy atom. The summed E-state index contributed by atoms with van der Waals surface area (Å²) in [6, 6.07) is 3.23. The molecule has 1 N–H and O–H groups in total. The fourth-order valence-corrected chi connectivity index (χ4v) is 7.94. The molecule has 5 heteroatoms. The predicted molar refractivity (Wildman–Crippen MR) is 104 cm³/mol. The number of rotatable bonds is 14. The van der Waals surface area contributed by atoms with Crippen LogP contribution in [-0.4, -0.2) is 27.2 Å². The van der Waals surface area contributed by atoms with Gasteiger partial charge in [-0.2, -0.15) is 5.26 Å². The second-order valence-electron chi connectivity index (χ2n) is 7.94. The van der Waals surface area contributed by atoms with Gasteiger partial charge < -0.3 is 9.22 Å². The Balaban J connectivity index is 4.20. The van der Waals surface area contributed by atoms with E-state index < -0.39 is 16.6 Å². The van der Waals surface area contributed by atoms with Crippen LogP contribution in [0.2, 0.25) is 32.2 Å². The molecule has 0 aliphatic carbocycles. The van der Waals surface area contributed by atoms with Crippen LogP contribution in [0.4, 0.5) is 0 Å². The van der Waals surface area contributed by atoms with Gasteiger partial charge in [0.15, 0.2) is 8.32 Å². The van der Waals surface area contributed by atoms with Gasteiger partial charge >= 0.3 is 0 Å². The van der Waals surface area contributed by atoms with Gasteiger partial charge in [-0.3, -0.25) is 0 Å². The third-order valence-electron chi connectivity index (χ3n) is 4.39. The first-order valence-electron chi connectivity index (χ1n) is 9.50. The third-order valence-corrected chi connectivity index (χ3v) is 9.08. The van der Waals surface area contributed by atoms with Crippen molar-refractivity contribution in [3.63, 3.8) is 0 Å². The molecule has 0 rings (SSSR count). The molecule has 1 unspecified atom stereocenters. The van der Waals surface area contributed by atoms with Crippen molar-refractivity contribution in [1.29, 1.82) is 5.26 Å². The Bertz CT molecular complexity index is 335. The zero-order valence-electron chi connectivity index (χ0n) is 16.2. The average molecular weight is 358 g/mol. The zero-order valence-corrected chi connectivity index (χ0v) is 18.2. The average Bonchev–Trinajstić information content (AvgIpc) is 2.44. The Hall–Kier alpha value is -0.156. The molecule has 0 heterocycles. The topological polar surface area (TPSA) is 53.2 Å². The first-order valence-corrected chi connectivity index (χ1v) is 15.6. The van der Waals surface area contributed by atoms with Gasteiger partial charge in [0.2, 0.25) is 8.32 Å². The van der Waals surface area contributed by atoms with Crippen molar-refractivity contribution >= 4 is 16.6 Å². The number of nitriles is 1. The van der Waals surface area contributed by atoms with Gasteiger partial charge in [-0.15, -0.1) is 0 Å². The van der Waals surface area contributed by atoms with Crippen LogP contribution in [-0.2, 0) is 4.43 Å². The highest BCUT2D eigenvalue weighted by molar-refractivity contribution is 6.75. The minimum atomic E-state index is -2.28. The molecular formula is C18H39NO2Si2. The van der Waals surface area contributed by atoms with E-state index in [-0.39, 0.29) is 5.73 Å². The summed E-state index contributed by atoms with van der Waals surface area (Å²) >= 11 is 0. The van der Waals surface area contributed by atoms with Crippen molar-refractivity contribution in [3.8, 4) is 6.07 Å². The van der Waals surface area contributed by atoms with Crippen LogP contribution in [0.5, 0.6) is 0 Å². The number of nitrogens with zero attached hydrogens (tertiary/aromatic N) is 1. The number of unbranched alkanes of at least 4 members (excludes halogenated alkanes) is 7. The summed E-state index contributed by atoms with van der Waals surface area (Å²) in [5.74, 6) is 0. The maximum Gasteiger partial charge on any atom is 0.209 e. The monoisotopic (exact) mass is 357 g/mol. The van der Waals surface area contributed by atoms with Crippen molar-refractivity contribution in [2.45, 2.75) is 109 Å². The van der Waals surface area contributed by atoms with E-state index in [1.54, 1.807) is 0 Å². The fourth-order valence-electron chi connectivity index (χ4n) is 2.88. The summed E-state index contributed by atoms with van der Waals surface area (Å²) < 4.78 is 6.44. The van der Waals surface area contributed by atoms with Crippen LogP contribution < -0.4 is 0 Å². The summed E-state index contributed by atoms with van der Waals surface area (Å²) in [6.07, 6.45) is 11.6. The smallest absolute Gasteiger partial charge is 0.209 e. The van der Waals surface area contributed by atoms with Gasteiger partial charge in [0.05, 0.1) is 11.8 Å². The van der Waals surface area contributed by atoms with E-state index in [1.807, 2.05) is 13.1 Å². The molecule has 0 fully saturated rings. The molecule has 1 atom stereocenters. The lowest BCUT2D eigenvalue weighted by atomic mass is 10.1. The second kappa shape index (κ2) is 12.2. The molecule has 0 aromatic rings. The molecule has 0 amide bonds. The molecule has 0 saturated carbocycles. The lowest BCUT2D eigenvalue weighted by Gasteiger charge is -2.35. The Morgan fingerprint density at radius 2 is 1.52 bits per heavy atom. The van der Waals surface area contributed by atoms with Gasteiger partial charge in [0.25, 0.3) is 0 Å². The molecule has 0 aromatic carbocycles. The van der Waals surface area contributed by atoms with Crippen LogP contribution in [0, 0.1) is 11.3 Å². The Labute approximate surface area is 146 Å². The van der Waals surface area contributed by atoms with Gasteiger partial charge in [-0.25, -0.2) is 0 Å². The molecule has 0 saturated heterocycles. The maximum atomic E-state index is 10.6. The molecule has 136 valence electrons. The summed E-state index contributed by atoms with van der Waals surface area (Å²) in [5.41, 5.74) is 0.0573. The summed E-state index contributed by atoms with van der Waals surface area (Å²) in [4.78, 5) is 10.6. The summed E-state index contributed by atoms with van der Waals surface area (Å²) in [7, 11) is -4.05. The molecule has 0 aliphatic heterocycles. The fraction of sp³-hybridized carbons (Fsp3) is 0.944. The van der Waals surface area contributed by atoms with Crippen molar-refractivity contribution in [2.75, 3.05) is 0 Å². The van der Waals surface area contributed by atoms with Crippen LogP contribution in [0.15, 0.2) is 0 Å². The molecular weight excluding hydrogens is 318 g/mol. The summed E-state index contributed by atoms with van der Waals surface area (Å²) in [5, 5.41) is 8.69. The van der Waals surface area contributed by atoms with Crippen molar-refractivity contribution in [2.24, 2.45) is 0 Å². The highest BCUT2D eigenvalue weighted by Gasteiger charge is 2.36. The van der Waals surface area contributed by atoms with E-state index in [2.05, 4.69) is 26.1 Å². The van der Waals surface area contributed by atoms with E-state index in [0.717, 1.165) is 25.3 Å². The van der Waals surface area contributed by atoms with Gasteiger partial charge in [-0.1, -0.05) is 51.9 Å². The second-order valence-corrected chi connectivity index (χ2v) is 16.1. The predicted octanol–water partition coefficient (Wildman–Crippen LogP) is 5.76. The molecule has 0 radical (unpaired) electrons. The molecule has 0 aromatic heterocycles. The molecule has 0 spiro atoms. The molecule has 23 heavy (non-hydrogen) atoms. The van der Waals surface area contributed by atoms with E-state index in [1.165, 1.54) is 38.5 Å². The molecule has 0 bridgehead atoms. The van der Waals surface area contributed by atoms with E-state index >= 15 is 0 Å². The number of hydrogen-bond acceptors (Lipinski definition) is 3. The van der Waals surface area contributed by atoms with Crippen LogP contribution in [0.1, 0.15) is 71.1 Å². The minimum absolute atomic E-state index is 0.0573. The molecule has 0 aliphatic rings.